The van der Waals surface area contributed by atoms with Gasteiger partial charge in [-0.15, -0.1) is 11.3 Å². The first-order chi connectivity index (χ1) is 18.7. The van der Waals surface area contributed by atoms with Gasteiger partial charge in [-0.25, -0.2) is 0 Å². The van der Waals surface area contributed by atoms with Crippen molar-refractivity contribution in [1.82, 2.24) is 14.8 Å². The van der Waals surface area contributed by atoms with Crippen LogP contribution in [0, 0.1) is 0 Å². The third-order valence-corrected chi connectivity index (χ3v) is 4.51. The fourth-order valence-corrected chi connectivity index (χ4v) is 3.26. The third kappa shape index (κ3) is 5.23. The second-order valence-electron chi connectivity index (χ2n) is 5.35. The van der Waals surface area contributed by atoms with Gasteiger partial charge in [-0.2, -0.15) is 0 Å². The van der Waals surface area contributed by atoms with E-state index >= 15 is 0 Å². The first kappa shape index (κ1) is 9.28. The average Bonchev–Trinajstić information content (AvgIpc) is 3.09. The van der Waals surface area contributed by atoms with Crippen LogP contribution in [0.25, 0.3) is 10.2 Å². The van der Waals surface area contributed by atoms with E-state index in [9.17, 15) is 14.7 Å². The van der Waals surface area contributed by atoms with Crippen molar-refractivity contribution >= 4 is 27.5 Å². The van der Waals surface area contributed by atoms with Crippen molar-refractivity contribution in [2.45, 2.75) is 45.4 Å². The summed E-state index contributed by atoms with van der Waals surface area (Å²) in [5, 5.41) is 11.1. The Balaban J connectivity index is 0.00000645. The first-order valence-corrected chi connectivity index (χ1v) is 8.48. The molecule has 0 unspecified atom stereocenters. The molecule has 1 amide bonds. The van der Waals surface area contributed by atoms with Gasteiger partial charge in [-0.1, -0.05) is 12.1 Å². The molecule has 1 saturated heterocycles. The molecule has 1 aliphatic heterocycles. The molecule has 27 heavy (non-hydrogen) atoms. The monoisotopic (exact) mass is 431 g/mol. The molecular weight excluding hydrogens is 389 g/mol. The Morgan fingerprint density at radius 2 is 2.33 bits per heavy atom. The molecule has 0 radical (unpaired) electrons. The van der Waals surface area contributed by atoms with Gasteiger partial charge >= 0.3 is 51.4 Å². The summed E-state index contributed by atoms with van der Waals surface area (Å²) >= 11 is 0.145. The number of likely N-dealkylation sites (tertiary alicyclic amines) is 1. The molecule has 1 fully saturated rings. The van der Waals surface area contributed by atoms with Gasteiger partial charge in [-0.05, 0) is 64.0 Å². The standard InChI is InChI=1S/C19H27N3O3S.K/c1-13(2)22-18(25)15(16(23)14-7-12-26-19(14)22)17(24)20-8-6-11-21-9-4-3-5-10-21;/h7,12-13,23H,3-6,8-11H2,1-2H3,(H,20,24);/q;+1/p-1/i1D3,2D3,3D2,7D,8D2,11D2,12D,13D;/hD. The first-order valence-electron chi connectivity index (χ1n) is 15.6. The van der Waals surface area contributed by atoms with Crippen molar-refractivity contribution in [3.05, 3.63) is 27.3 Å². The molecule has 0 aliphatic carbocycles. The van der Waals surface area contributed by atoms with Crippen molar-refractivity contribution in [2.75, 3.05) is 26.1 Å². The minimum Gasteiger partial charge on any atom is -0.871 e. The maximum absolute atomic E-state index is 13.6. The van der Waals surface area contributed by atoms with E-state index < -0.39 is 95.2 Å². The third-order valence-electron chi connectivity index (χ3n) is 3.73. The number of rotatable bonds is 6. The van der Waals surface area contributed by atoms with E-state index in [2.05, 4.69) is 0 Å². The van der Waals surface area contributed by atoms with Crippen LogP contribution >= 0.6 is 11.3 Å². The number of amides is 1. The van der Waals surface area contributed by atoms with Crippen LogP contribution in [-0.2, 0) is 0 Å². The van der Waals surface area contributed by atoms with Crippen LogP contribution in [0.15, 0.2) is 16.2 Å². The average molecular weight is 432 g/mol. The van der Waals surface area contributed by atoms with Crippen molar-refractivity contribution in [3.63, 3.8) is 0 Å². The largest absolute Gasteiger partial charge is 1.00 e. The minimum absolute atomic E-state index is 0. The molecule has 0 aromatic carbocycles. The molecule has 8 heteroatoms. The second-order valence-corrected chi connectivity index (χ2v) is 6.14. The molecule has 6 nitrogen and oxygen atoms in total. The summed E-state index contributed by atoms with van der Waals surface area (Å²) in [6, 6.07) is -4.79. The SMILES string of the molecule is [2H]c1sc2c(c1[2H])c([O-])c(C(=O)N([2H])C([2H])([2H])CC([2H])([2H])N1CCC([2H])([2H])CC1)c(=O)n2C([2H])(C([2H])([2H])[2H])C([2H])([2H])[2H].[K+]. The van der Waals surface area contributed by atoms with Crippen LogP contribution in [0.5, 0.6) is 5.75 Å². The van der Waals surface area contributed by atoms with Crippen molar-refractivity contribution in [1.29, 1.82) is 0 Å². The van der Waals surface area contributed by atoms with Gasteiger partial charge in [0.15, 0.2) is 1.41 Å². The number of aromatic nitrogens is 1. The summed E-state index contributed by atoms with van der Waals surface area (Å²) in [5.41, 5.74) is -3.64. The van der Waals surface area contributed by atoms with Crippen LogP contribution in [0.4, 0.5) is 0 Å². The van der Waals surface area contributed by atoms with Crippen LogP contribution < -0.4 is 67.4 Å². The van der Waals surface area contributed by atoms with E-state index in [1.165, 1.54) is 0 Å². The Kier molecular flexibility index (Phi) is 3.62. The van der Waals surface area contributed by atoms with E-state index in [0.29, 0.717) is 0 Å². The molecule has 0 spiro atoms. The van der Waals surface area contributed by atoms with E-state index in [4.69, 9.17) is 22.0 Å². The number of piperidine rings is 1. The molecule has 0 saturated carbocycles. The number of fused-ring (bicyclic) bond motifs is 1. The summed E-state index contributed by atoms with van der Waals surface area (Å²) in [6.45, 7) is -13.7. The smallest absolute Gasteiger partial charge is 0.871 e. The Morgan fingerprint density at radius 1 is 1.59 bits per heavy atom. The second kappa shape index (κ2) is 10.5. The number of thiophene rings is 1. The topological polar surface area (TPSA) is 77.4 Å². The van der Waals surface area contributed by atoms with Gasteiger partial charge in [0.2, 0.25) is 0 Å². The van der Waals surface area contributed by atoms with Gasteiger partial charge in [0.1, 0.15) is 4.83 Å². The van der Waals surface area contributed by atoms with Gasteiger partial charge < -0.3 is 15.3 Å². The molecule has 3 rings (SSSR count). The Labute approximate surface area is 228 Å². The van der Waals surface area contributed by atoms with Gasteiger partial charge in [0.25, 0.3) is 11.5 Å². The van der Waals surface area contributed by atoms with Gasteiger partial charge in [0, 0.05) is 34.4 Å². The van der Waals surface area contributed by atoms with Crippen LogP contribution in [-0.4, -0.2) is 41.5 Å². The van der Waals surface area contributed by atoms with E-state index in [1.54, 1.807) is 0 Å². The number of hydrogen-bond donors (Lipinski definition) is 1. The normalized spacial score (nSPS) is 28.0. The predicted molar refractivity (Wildman–Crippen MR) is 103 cm³/mol. The Morgan fingerprint density at radius 3 is 3.04 bits per heavy atom. The minimum atomic E-state index is -3.86. The maximum atomic E-state index is 13.6. The number of hydrogen-bond acceptors (Lipinski definition) is 5. The van der Waals surface area contributed by atoms with Gasteiger partial charge in [0.05, 0.1) is 9.68 Å². The molecule has 0 bridgehead atoms. The molecule has 0 atom stereocenters. The molecule has 2 aromatic rings. The fraction of sp³-hybridized carbons (Fsp3) is 0.579. The Hall–Kier alpha value is -0.224. The number of nitrogens with zero attached hydrogens (tertiary/aromatic N) is 2. The van der Waals surface area contributed by atoms with E-state index in [0.717, 1.165) is 4.90 Å². The number of carbonyl (C=O) groups excluding carboxylic acids is 1. The van der Waals surface area contributed by atoms with E-state index in [-0.39, 0.29) is 93.2 Å². The summed E-state index contributed by atoms with van der Waals surface area (Å²) < 4.78 is 127. The molecule has 1 N–H and O–H groups in total. The number of carbonyl (C=O) groups is 1. The summed E-state index contributed by atoms with van der Waals surface area (Å²) in [6.07, 6.45) is -2.93. The zero-order valence-electron chi connectivity index (χ0n) is 30.5. The van der Waals surface area contributed by atoms with Crippen LogP contribution in [0.1, 0.15) is 76.3 Å². The van der Waals surface area contributed by atoms with Crippen molar-refractivity contribution < 1.29 is 83.3 Å². The molecule has 3 heterocycles. The fourth-order valence-electron chi connectivity index (χ4n) is 2.50. The zero-order valence-corrected chi connectivity index (χ0v) is 18.4. The predicted octanol–water partition coefficient (Wildman–Crippen LogP) is -0.673. The van der Waals surface area contributed by atoms with Crippen LogP contribution in [0.2, 0.25) is 1.41 Å². The number of pyridine rings is 1. The van der Waals surface area contributed by atoms with Crippen molar-refractivity contribution in [3.8, 4) is 5.75 Å². The molecule has 2 aromatic heterocycles. The molecular formula is C19H26KN3O3S. The van der Waals surface area contributed by atoms with Gasteiger partial charge in [-0.3, -0.25) is 14.2 Å². The molecule has 1 aliphatic rings. The van der Waals surface area contributed by atoms with Crippen LogP contribution in [0.3, 0.4) is 0 Å². The van der Waals surface area contributed by atoms with E-state index in [1.807, 2.05) is 0 Å². The summed E-state index contributed by atoms with van der Waals surface area (Å²) in [4.78, 5) is 27.2. The molecule has 142 valence electrons. The Bertz CT molecular complexity index is 1430. The number of nitrogens with one attached hydrogen (secondary N) is 1. The maximum Gasteiger partial charge on any atom is 1.00 e. The quantitative estimate of drug-likeness (QED) is 0.615. The summed E-state index contributed by atoms with van der Waals surface area (Å²) in [7, 11) is 0. The van der Waals surface area contributed by atoms with Crippen molar-refractivity contribution in [2.24, 2.45) is 0 Å². The summed E-state index contributed by atoms with van der Waals surface area (Å²) in [5.74, 6) is -3.64. The zero-order chi connectivity index (χ0) is 32.6.